The number of hydrogen-bond donors (Lipinski definition) is 1. The number of hydrogen-bond acceptors (Lipinski definition) is 5. The van der Waals surface area contributed by atoms with E-state index in [9.17, 15) is 14.7 Å². The van der Waals surface area contributed by atoms with Crippen molar-refractivity contribution in [2.45, 2.75) is 45.3 Å². The minimum absolute atomic E-state index is 0.0389. The molecule has 0 spiro atoms. The van der Waals surface area contributed by atoms with Gasteiger partial charge in [-0.25, -0.2) is 0 Å². The van der Waals surface area contributed by atoms with Crippen LogP contribution in [-0.2, 0) is 14.3 Å². The van der Waals surface area contributed by atoms with Gasteiger partial charge in [-0.15, -0.1) is 0 Å². The zero-order chi connectivity index (χ0) is 11.4. The maximum Gasteiger partial charge on any atom is 0.323 e. The highest BCUT2D eigenvalue weighted by Crippen LogP contribution is 2.09. The molecule has 0 aliphatic rings. The zero-order valence-electron chi connectivity index (χ0n) is 8.70. The Balaban J connectivity index is 3.94. The van der Waals surface area contributed by atoms with E-state index < -0.39 is 23.6 Å². The number of carbonyl (C=O) groups excluding carboxylic acids is 2. The van der Waals surface area contributed by atoms with Crippen molar-refractivity contribution < 1.29 is 19.4 Å². The van der Waals surface area contributed by atoms with E-state index in [4.69, 9.17) is 10.5 Å². The third kappa shape index (κ3) is 6.42. The monoisotopic (exact) mass is 202 g/mol. The van der Waals surface area contributed by atoms with Crippen LogP contribution in [0.4, 0.5) is 0 Å². The Morgan fingerprint density at radius 3 is 2.29 bits per heavy atom. The molecule has 5 heteroatoms. The van der Waals surface area contributed by atoms with Gasteiger partial charge in [0, 0.05) is 5.97 Å². The quantitative estimate of drug-likeness (QED) is 0.601. The predicted octanol–water partition coefficient (Wildman–Crippen LogP) is -0.814. The van der Waals surface area contributed by atoms with Crippen molar-refractivity contribution in [3.63, 3.8) is 0 Å². The Hall–Kier alpha value is -1.10. The minimum atomic E-state index is -1.22. The largest absolute Gasteiger partial charge is 0.550 e. The molecular formula is C9H16NO4-. The smallest absolute Gasteiger partial charge is 0.323 e. The molecule has 0 fully saturated rings. The molecule has 0 aromatic rings. The molecule has 82 valence electrons. The number of carboxylic acid groups (broad SMARTS) is 1. The molecule has 0 aliphatic carbocycles. The first-order chi connectivity index (χ1) is 6.22. The van der Waals surface area contributed by atoms with E-state index in [1.165, 1.54) is 0 Å². The van der Waals surface area contributed by atoms with Crippen LogP contribution in [0.2, 0.25) is 0 Å². The van der Waals surface area contributed by atoms with Gasteiger partial charge >= 0.3 is 5.97 Å². The van der Waals surface area contributed by atoms with Gasteiger partial charge in [-0.05, 0) is 33.6 Å². The van der Waals surface area contributed by atoms with Gasteiger partial charge in [0.15, 0.2) is 0 Å². The van der Waals surface area contributed by atoms with Crippen LogP contribution in [0, 0.1) is 0 Å². The molecule has 0 bridgehead atoms. The lowest BCUT2D eigenvalue weighted by Crippen LogP contribution is -2.38. The van der Waals surface area contributed by atoms with Gasteiger partial charge in [0.25, 0.3) is 0 Å². The van der Waals surface area contributed by atoms with E-state index in [0.717, 1.165) is 0 Å². The highest BCUT2D eigenvalue weighted by molar-refractivity contribution is 5.76. The van der Waals surface area contributed by atoms with Crippen LogP contribution < -0.4 is 10.8 Å². The summed E-state index contributed by atoms with van der Waals surface area (Å²) in [6.45, 7) is 5.16. The highest BCUT2D eigenvalue weighted by atomic mass is 16.6. The number of carboxylic acids is 1. The molecule has 0 saturated carbocycles. The Labute approximate surface area is 83.2 Å². The van der Waals surface area contributed by atoms with E-state index in [1.54, 1.807) is 20.8 Å². The lowest BCUT2D eigenvalue weighted by atomic mass is 10.1. The second-order valence-electron chi connectivity index (χ2n) is 4.05. The Morgan fingerprint density at radius 1 is 1.43 bits per heavy atom. The Kier molecular flexibility index (Phi) is 4.56. The molecule has 0 saturated heterocycles. The van der Waals surface area contributed by atoms with E-state index >= 15 is 0 Å². The predicted molar refractivity (Wildman–Crippen MR) is 48.1 cm³/mol. The van der Waals surface area contributed by atoms with Crippen molar-refractivity contribution in [1.82, 2.24) is 0 Å². The van der Waals surface area contributed by atoms with Crippen LogP contribution in [0.25, 0.3) is 0 Å². The van der Waals surface area contributed by atoms with Crippen molar-refractivity contribution >= 4 is 11.9 Å². The van der Waals surface area contributed by atoms with E-state index in [2.05, 4.69) is 0 Å². The van der Waals surface area contributed by atoms with Gasteiger partial charge in [0.1, 0.15) is 11.6 Å². The van der Waals surface area contributed by atoms with Gasteiger partial charge < -0.3 is 20.4 Å². The molecule has 2 N–H and O–H groups in total. The number of ether oxygens (including phenoxy) is 1. The van der Waals surface area contributed by atoms with Crippen molar-refractivity contribution in [2.24, 2.45) is 5.73 Å². The molecule has 1 atom stereocenters. The van der Waals surface area contributed by atoms with Crippen molar-refractivity contribution in [1.29, 1.82) is 0 Å². The first kappa shape index (κ1) is 12.9. The van der Waals surface area contributed by atoms with Crippen molar-refractivity contribution in [2.75, 3.05) is 0 Å². The topological polar surface area (TPSA) is 92.5 Å². The lowest BCUT2D eigenvalue weighted by molar-refractivity contribution is -0.305. The van der Waals surface area contributed by atoms with Crippen LogP contribution in [0.15, 0.2) is 0 Å². The molecule has 0 aromatic heterocycles. The number of esters is 1. The fourth-order valence-corrected chi connectivity index (χ4v) is 0.769. The third-order valence-corrected chi connectivity index (χ3v) is 1.37. The number of nitrogens with two attached hydrogens (primary N) is 1. The summed E-state index contributed by atoms with van der Waals surface area (Å²) in [5, 5.41) is 10.1. The van der Waals surface area contributed by atoms with Crippen LogP contribution in [-0.4, -0.2) is 23.6 Å². The molecule has 0 amide bonds. The van der Waals surface area contributed by atoms with E-state index in [1.807, 2.05) is 0 Å². The summed E-state index contributed by atoms with van der Waals surface area (Å²) in [6.07, 6.45) is -0.197. The molecule has 0 heterocycles. The third-order valence-electron chi connectivity index (χ3n) is 1.37. The average molecular weight is 202 g/mol. The van der Waals surface area contributed by atoms with Gasteiger partial charge in [0.2, 0.25) is 0 Å². The normalized spacial score (nSPS) is 13.4. The molecule has 0 rings (SSSR count). The molecule has 0 unspecified atom stereocenters. The molecule has 0 aliphatic heterocycles. The Morgan fingerprint density at radius 2 is 1.93 bits per heavy atom. The standard InChI is InChI=1S/C9H17NO4/c1-9(2,3)14-8(13)6(10)4-5-7(11)12/h6H,4-5,10H2,1-3H3,(H,11,12)/p-1/t6-/m0/s1. The summed E-state index contributed by atoms with van der Waals surface area (Å²) in [5.74, 6) is -1.80. The second-order valence-corrected chi connectivity index (χ2v) is 4.05. The summed E-state index contributed by atoms with van der Waals surface area (Å²) < 4.78 is 4.95. The first-order valence-corrected chi connectivity index (χ1v) is 4.40. The molecule has 14 heavy (non-hydrogen) atoms. The Bertz CT molecular complexity index is 219. The zero-order valence-corrected chi connectivity index (χ0v) is 8.70. The van der Waals surface area contributed by atoms with E-state index in [0.29, 0.717) is 0 Å². The van der Waals surface area contributed by atoms with Crippen molar-refractivity contribution in [3.8, 4) is 0 Å². The average Bonchev–Trinajstić information content (AvgIpc) is 1.96. The number of carbonyl (C=O) groups is 2. The van der Waals surface area contributed by atoms with Crippen LogP contribution in [0.5, 0.6) is 0 Å². The lowest BCUT2D eigenvalue weighted by Gasteiger charge is -2.22. The summed E-state index contributed by atoms with van der Waals surface area (Å²) in [5.41, 5.74) is 4.81. The maximum atomic E-state index is 11.2. The van der Waals surface area contributed by atoms with Crippen LogP contribution >= 0.6 is 0 Å². The highest BCUT2D eigenvalue weighted by Gasteiger charge is 2.21. The number of rotatable bonds is 4. The van der Waals surface area contributed by atoms with Crippen molar-refractivity contribution in [3.05, 3.63) is 0 Å². The molecular weight excluding hydrogens is 186 g/mol. The van der Waals surface area contributed by atoms with Crippen LogP contribution in [0.3, 0.4) is 0 Å². The second kappa shape index (κ2) is 4.95. The summed E-state index contributed by atoms with van der Waals surface area (Å²) in [6, 6.07) is -0.896. The van der Waals surface area contributed by atoms with Gasteiger partial charge in [-0.3, -0.25) is 4.79 Å². The van der Waals surface area contributed by atoms with Gasteiger partial charge in [0.05, 0.1) is 0 Å². The fourth-order valence-electron chi connectivity index (χ4n) is 0.769. The number of aliphatic carboxylic acids is 1. The molecule has 0 aromatic carbocycles. The summed E-state index contributed by atoms with van der Waals surface area (Å²) >= 11 is 0. The molecule has 0 radical (unpaired) electrons. The summed E-state index contributed by atoms with van der Waals surface area (Å²) in [4.78, 5) is 21.3. The summed E-state index contributed by atoms with van der Waals surface area (Å²) in [7, 11) is 0. The maximum absolute atomic E-state index is 11.2. The SMILES string of the molecule is CC(C)(C)OC(=O)[C@@H](N)CCC(=O)[O-]. The fraction of sp³-hybridized carbons (Fsp3) is 0.778. The van der Waals surface area contributed by atoms with Gasteiger partial charge in [-0.2, -0.15) is 0 Å². The molecule has 5 nitrogen and oxygen atoms in total. The van der Waals surface area contributed by atoms with E-state index in [-0.39, 0.29) is 12.8 Å². The first-order valence-electron chi connectivity index (χ1n) is 4.40. The van der Waals surface area contributed by atoms with Gasteiger partial charge in [-0.1, -0.05) is 0 Å². The minimum Gasteiger partial charge on any atom is -0.550 e. The van der Waals surface area contributed by atoms with Crippen LogP contribution in [0.1, 0.15) is 33.6 Å².